The molecule has 2 aromatic rings. The van der Waals surface area contributed by atoms with Crippen molar-refractivity contribution in [1.82, 2.24) is 4.90 Å². The topological polar surface area (TPSA) is 3.24 Å². The maximum atomic E-state index is 6.58. The Bertz CT molecular complexity index is 548. The summed E-state index contributed by atoms with van der Waals surface area (Å²) >= 11 is 6.58. The van der Waals surface area contributed by atoms with Gasteiger partial charge < -0.3 is 4.90 Å². The van der Waals surface area contributed by atoms with Crippen LogP contribution >= 0.6 is 11.6 Å². The van der Waals surface area contributed by atoms with Gasteiger partial charge in [0.05, 0.1) is 5.38 Å². The average Bonchev–Trinajstić information content (AvgIpc) is 2.48. The maximum Gasteiger partial charge on any atom is 0.0712 e. The lowest BCUT2D eigenvalue weighted by Crippen LogP contribution is -2.22. The van der Waals surface area contributed by atoms with Gasteiger partial charge in [0.1, 0.15) is 0 Å². The summed E-state index contributed by atoms with van der Waals surface area (Å²) in [5.74, 6) is 0.689. The van der Waals surface area contributed by atoms with Crippen LogP contribution in [0.25, 0.3) is 0 Å². The van der Waals surface area contributed by atoms with Crippen LogP contribution in [0.3, 0.4) is 0 Å². The zero-order valence-electron chi connectivity index (χ0n) is 13.8. The molecular weight excluding hydrogens is 290 g/mol. The van der Waals surface area contributed by atoms with Crippen LogP contribution in [-0.2, 0) is 13.0 Å². The Kier molecular flexibility index (Phi) is 6.48. The van der Waals surface area contributed by atoms with Crippen LogP contribution < -0.4 is 0 Å². The number of hydrogen-bond acceptors (Lipinski definition) is 1. The summed E-state index contributed by atoms with van der Waals surface area (Å²) in [7, 11) is 2.12. The Morgan fingerprint density at radius 2 is 1.55 bits per heavy atom. The first kappa shape index (κ1) is 17.1. The number of rotatable bonds is 7. The molecule has 22 heavy (non-hydrogen) atoms. The summed E-state index contributed by atoms with van der Waals surface area (Å²) in [5, 5.41) is 0.0295. The standard InChI is InChI=1S/C20H26ClN/c1-16(2)13-17-9-11-19(12-10-17)20(21)15-22(3)14-18-7-5-4-6-8-18/h4-12,16,20H,13-15H2,1-3H3. The fraction of sp³-hybridized carbons (Fsp3) is 0.400. The second-order valence-electron chi connectivity index (χ2n) is 6.49. The van der Waals surface area contributed by atoms with E-state index in [1.807, 2.05) is 6.07 Å². The monoisotopic (exact) mass is 315 g/mol. The summed E-state index contributed by atoms with van der Waals surface area (Å²) in [5.41, 5.74) is 3.91. The van der Waals surface area contributed by atoms with Crippen molar-refractivity contribution in [3.05, 3.63) is 71.3 Å². The van der Waals surface area contributed by atoms with Crippen molar-refractivity contribution in [1.29, 1.82) is 0 Å². The number of likely N-dealkylation sites (N-methyl/N-ethyl adjacent to an activating group) is 1. The van der Waals surface area contributed by atoms with E-state index >= 15 is 0 Å². The van der Waals surface area contributed by atoms with Gasteiger partial charge >= 0.3 is 0 Å². The Balaban J connectivity index is 1.89. The number of nitrogens with zero attached hydrogens (tertiary/aromatic N) is 1. The van der Waals surface area contributed by atoms with E-state index in [9.17, 15) is 0 Å². The van der Waals surface area contributed by atoms with Gasteiger partial charge in [0.15, 0.2) is 0 Å². The predicted molar refractivity (Wildman–Crippen MR) is 96.4 cm³/mol. The van der Waals surface area contributed by atoms with Crippen LogP contribution in [0.4, 0.5) is 0 Å². The van der Waals surface area contributed by atoms with E-state index < -0.39 is 0 Å². The van der Waals surface area contributed by atoms with Crippen LogP contribution in [0.2, 0.25) is 0 Å². The fourth-order valence-corrected chi connectivity index (χ4v) is 3.05. The number of benzene rings is 2. The SMILES string of the molecule is CC(C)Cc1ccc(C(Cl)CN(C)Cc2ccccc2)cc1. The summed E-state index contributed by atoms with van der Waals surface area (Å²) in [6.45, 7) is 6.27. The van der Waals surface area contributed by atoms with Crippen LogP contribution in [0.5, 0.6) is 0 Å². The smallest absolute Gasteiger partial charge is 0.0712 e. The first-order valence-corrected chi connectivity index (χ1v) is 8.43. The third kappa shape index (κ3) is 5.47. The van der Waals surface area contributed by atoms with Gasteiger partial charge in [0, 0.05) is 13.1 Å². The van der Waals surface area contributed by atoms with Gasteiger partial charge in [-0.25, -0.2) is 0 Å². The van der Waals surface area contributed by atoms with Crippen molar-refractivity contribution < 1.29 is 0 Å². The fourth-order valence-electron chi connectivity index (χ4n) is 2.67. The van der Waals surface area contributed by atoms with Gasteiger partial charge in [-0.05, 0) is 36.1 Å². The first-order valence-electron chi connectivity index (χ1n) is 8.00. The molecule has 0 radical (unpaired) electrons. The zero-order chi connectivity index (χ0) is 15.9. The minimum absolute atomic E-state index is 0.0295. The number of hydrogen-bond donors (Lipinski definition) is 0. The molecule has 0 saturated heterocycles. The van der Waals surface area contributed by atoms with E-state index in [2.05, 4.69) is 74.3 Å². The molecule has 0 N–H and O–H groups in total. The Morgan fingerprint density at radius 3 is 2.14 bits per heavy atom. The van der Waals surface area contributed by atoms with Gasteiger partial charge in [0.2, 0.25) is 0 Å². The van der Waals surface area contributed by atoms with Crippen molar-refractivity contribution in [3.8, 4) is 0 Å². The third-order valence-corrected chi connectivity index (χ3v) is 4.14. The molecule has 118 valence electrons. The molecule has 0 amide bonds. The highest BCUT2D eigenvalue weighted by molar-refractivity contribution is 6.21. The van der Waals surface area contributed by atoms with Gasteiger partial charge in [-0.2, -0.15) is 0 Å². The molecule has 1 atom stereocenters. The molecule has 0 aliphatic rings. The van der Waals surface area contributed by atoms with E-state index in [0.29, 0.717) is 5.92 Å². The summed E-state index contributed by atoms with van der Waals surface area (Å²) in [4.78, 5) is 2.27. The second-order valence-corrected chi connectivity index (χ2v) is 7.02. The molecule has 2 rings (SSSR count). The van der Waals surface area contributed by atoms with E-state index in [1.165, 1.54) is 16.7 Å². The molecule has 2 heteroatoms. The van der Waals surface area contributed by atoms with E-state index in [0.717, 1.165) is 19.5 Å². The molecule has 0 aliphatic heterocycles. The zero-order valence-corrected chi connectivity index (χ0v) is 14.6. The molecule has 0 aliphatic carbocycles. The summed E-state index contributed by atoms with van der Waals surface area (Å²) in [6.07, 6.45) is 1.13. The normalized spacial score (nSPS) is 12.8. The quantitative estimate of drug-likeness (QED) is 0.627. The molecule has 0 spiro atoms. The lowest BCUT2D eigenvalue weighted by atomic mass is 10.0. The minimum atomic E-state index is 0.0295. The van der Waals surface area contributed by atoms with Crippen LogP contribution in [-0.4, -0.2) is 18.5 Å². The molecule has 0 fully saturated rings. The molecule has 0 bridgehead atoms. The highest BCUT2D eigenvalue weighted by Crippen LogP contribution is 2.23. The predicted octanol–water partition coefficient (Wildman–Crippen LogP) is 5.30. The number of alkyl halides is 1. The molecule has 2 aromatic carbocycles. The lowest BCUT2D eigenvalue weighted by Gasteiger charge is -2.20. The van der Waals surface area contributed by atoms with Crippen LogP contribution in [0.15, 0.2) is 54.6 Å². The van der Waals surface area contributed by atoms with Crippen LogP contribution in [0.1, 0.15) is 35.9 Å². The third-order valence-electron chi connectivity index (χ3n) is 3.75. The summed E-state index contributed by atoms with van der Waals surface area (Å²) < 4.78 is 0. The Labute approximate surface area is 139 Å². The van der Waals surface area contributed by atoms with Gasteiger partial charge in [-0.1, -0.05) is 68.4 Å². The molecule has 1 nitrogen and oxygen atoms in total. The van der Waals surface area contributed by atoms with E-state index in [-0.39, 0.29) is 5.38 Å². The Hall–Kier alpha value is -1.31. The van der Waals surface area contributed by atoms with Crippen LogP contribution in [0, 0.1) is 5.92 Å². The maximum absolute atomic E-state index is 6.58. The molecule has 0 heterocycles. The minimum Gasteiger partial charge on any atom is -0.300 e. The molecule has 1 unspecified atom stereocenters. The van der Waals surface area contributed by atoms with Gasteiger partial charge in [0.25, 0.3) is 0 Å². The van der Waals surface area contributed by atoms with Crippen molar-refractivity contribution in [2.75, 3.05) is 13.6 Å². The highest BCUT2D eigenvalue weighted by Gasteiger charge is 2.11. The van der Waals surface area contributed by atoms with E-state index in [1.54, 1.807) is 0 Å². The van der Waals surface area contributed by atoms with Gasteiger partial charge in [-0.3, -0.25) is 0 Å². The largest absolute Gasteiger partial charge is 0.300 e. The van der Waals surface area contributed by atoms with Crippen molar-refractivity contribution >= 4 is 11.6 Å². The lowest BCUT2D eigenvalue weighted by molar-refractivity contribution is 0.327. The average molecular weight is 316 g/mol. The van der Waals surface area contributed by atoms with Crippen molar-refractivity contribution in [2.45, 2.75) is 32.2 Å². The molecular formula is C20H26ClN. The Morgan fingerprint density at radius 1 is 0.909 bits per heavy atom. The summed E-state index contributed by atoms with van der Waals surface area (Å²) in [6, 6.07) is 19.3. The molecule has 0 saturated carbocycles. The number of halogens is 1. The highest BCUT2D eigenvalue weighted by atomic mass is 35.5. The first-order chi connectivity index (χ1) is 10.5. The molecule has 0 aromatic heterocycles. The van der Waals surface area contributed by atoms with Crippen molar-refractivity contribution in [3.63, 3.8) is 0 Å². The van der Waals surface area contributed by atoms with E-state index in [4.69, 9.17) is 11.6 Å². The van der Waals surface area contributed by atoms with Crippen molar-refractivity contribution in [2.24, 2.45) is 5.92 Å². The van der Waals surface area contributed by atoms with Gasteiger partial charge in [-0.15, -0.1) is 11.6 Å². The second kappa shape index (κ2) is 8.36.